The molecule has 29 heavy (non-hydrogen) atoms. The molecular weight excluding hydrogens is 385 g/mol. The van der Waals surface area contributed by atoms with Crippen LogP contribution >= 0.6 is 11.3 Å². The number of carbonyl (C=O) groups is 1. The Labute approximate surface area is 175 Å². The molecule has 0 spiro atoms. The molecule has 3 heterocycles. The van der Waals surface area contributed by atoms with Crippen molar-refractivity contribution in [3.63, 3.8) is 0 Å². The Bertz CT molecular complexity index is 966. The van der Waals surface area contributed by atoms with Crippen molar-refractivity contribution in [2.75, 3.05) is 19.6 Å². The smallest absolute Gasteiger partial charge is 0.239 e. The molecule has 1 unspecified atom stereocenters. The van der Waals surface area contributed by atoms with Gasteiger partial charge in [0.1, 0.15) is 12.4 Å². The Kier molecular flexibility index (Phi) is 6.31. The van der Waals surface area contributed by atoms with Crippen molar-refractivity contribution in [3.05, 3.63) is 47.6 Å². The van der Waals surface area contributed by atoms with E-state index in [2.05, 4.69) is 17.1 Å². The number of nitrogens with zero attached hydrogens (tertiary/aromatic N) is 2. The molecule has 3 aromatic rings. The Morgan fingerprint density at radius 3 is 2.97 bits per heavy atom. The largest absolute Gasteiger partial charge is 0.355 e. The molecule has 1 N–H and O–H groups in total. The maximum Gasteiger partial charge on any atom is 0.239 e. The summed E-state index contributed by atoms with van der Waals surface area (Å²) in [5.74, 6) is -0.264. The lowest BCUT2D eigenvalue weighted by molar-refractivity contribution is -0.121. The van der Waals surface area contributed by atoms with Gasteiger partial charge in [0.15, 0.2) is 0 Å². The molecule has 1 aliphatic heterocycles. The zero-order valence-electron chi connectivity index (χ0n) is 16.9. The van der Waals surface area contributed by atoms with Gasteiger partial charge in [-0.3, -0.25) is 4.79 Å². The second-order valence-corrected chi connectivity index (χ2v) is 8.83. The van der Waals surface area contributed by atoms with Crippen molar-refractivity contribution in [2.45, 2.75) is 45.2 Å². The van der Waals surface area contributed by atoms with Gasteiger partial charge in [0, 0.05) is 30.0 Å². The van der Waals surface area contributed by atoms with E-state index in [1.807, 2.05) is 28.1 Å². The van der Waals surface area contributed by atoms with Crippen molar-refractivity contribution in [1.82, 2.24) is 14.8 Å². The lowest BCUT2D eigenvalue weighted by Crippen LogP contribution is -2.39. The van der Waals surface area contributed by atoms with Crippen LogP contribution in [0.1, 0.15) is 32.6 Å². The lowest BCUT2D eigenvalue weighted by atomic mass is 10.0. The normalized spacial score (nSPS) is 17.7. The van der Waals surface area contributed by atoms with Crippen molar-refractivity contribution < 1.29 is 9.18 Å². The van der Waals surface area contributed by atoms with Gasteiger partial charge >= 0.3 is 0 Å². The highest BCUT2D eigenvalue weighted by Gasteiger charge is 2.18. The van der Waals surface area contributed by atoms with E-state index in [9.17, 15) is 9.18 Å². The predicted molar refractivity (Wildman–Crippen MR) is 118 cm³/mol. The van der Waals surface area contributed by atoms with Crippen molar-refractivity contribution in [1.29, 1.82) is 0 Å². The molecule has 1 amide bonds. The first-order valence-corrected chi connectivity index (χ1v) is 11.3. The molecule has 0 radical (unpaired) electrons. The first kappa shape index (κ1) is 20.1. The van der Waals surface area contributed by atoms with Crippen LogP contribution in [0.3, 0.4) is 0 Å². The highest BCUT2D eigenvalue weighted by molar-refractivity contribution is 7.13. The van der Waals surface area contributed by atoms with Gasteiger partial charge in [-0.25, -0.2) is 4.39 Å². The third-order valence-corrected chi connectivity index (χ3v) is 6.72. The quantitative estimate of drug-likeness (QED) is 0.560. The average Bonchev–Trinajstić information content (AvgIpc) is 3.34. The van der Waals surface area contributed by atoms with Gasteiger partial charge in [-0.15, -0.1) is 11.3 Å². The minimum absolute atomic E-state index is 0.00340. The fourth-order valence-corrected chi connectivity index (χ4v) is 4.99. The molecule has 1 saturated heterocycles. The molecule has 1 aliphatic rings. The van der Waals surface area contributed by atoms with Crippen LogP contribution in [0, 0.1) is 5.82 Å². The molecule has 0 saturated carbocycles. The van der Waals surface area contributed by atoms with Crippen LogP contribution in [0.15, 0.2) is 41.8 Å². The number of hydrogen-bond donors (Lipinski definition) is 1. The number of amides is 1. The fourth-order valence-electron chi connectivity index (χ4n) is 4.24. The van der Waals surface area contributed by atoms with Gasteiger partial charge < -0.3 is 14.8 Å². The molecule has 1 atom stereocenters. The van der Waals surface area contributed by atoms with Gasteiger partial charge in [-0.1, -0.05) is 12.5 Å². The molecule has 4 nitrogen and oxygen atoms in total. The number of carbonyl (C=O) groups excluding carboxylic acids is 1. The summed E-state index contributed by atoms with van der Waals surface area (Å²) in [6, 6.07) is 11.4. The fraction of sp³-hybridized carbons (Fsp3) is 0.435. The maximum absolute atomic E-state index is 13.7. The Balaban J connectivity index is 1.40. The Morgan fingerprint density at radius 2 is 2.17 bits per heavy atom. The van der Waals surface area contributed by atoms with Gasteiger partial charge in [0.25, 0.3) is 0 Å². The molecule has 4 rings (SSSR count). The number of halogens is 1. The number of benzene rings is 1. The summed E-state index contributed by atoms with van der Waals surface area (Å²) in [5.41, 5.74) is 1.84. The highest BCUT2D eigenvalue weighted by atomic mass is 32.1. The van der Waals surface area contributed by atoms with Gasteiger partial charge in [0.2, 0.25) is 5.91 Å². The van der Waals surface area contributed by atoms with E-state index < -0.39 is 0 Å². The standard InChI is InChI=1S/C23H28FN3OS/c1-17-6-2-3-11-26(17)12-5-10-25-23(28)16-27-20-9-8-19(24)14-18(20)15-21(27)22-7-4-13-29-22/h4,7-9,13-15,17H,2-3,5-6,10-12,16H2,1H3,(H,25,28). The number of nitrogens with one attached hydrogen (secondary N) is 1. The highest BCUT2D eigenvalue weighted by Crippen LogP contribution is 2.31. The topological polar surface area (TPSA) is 37.3 Å². The molecular formula is C23H28FN3OS. The van der Waals surface area contributed by atoms with E-state index in [0.717, 1.165) is 34.4 Å². The summed E-state index contributed by atoms with van der Waals surface area (Å²) in [6.07, 6.45) is 4.85. The first-order chi connectivity index (χ1) is 14.1. The number of fused-ring (bicyclic) bond motifs is 1. The summed E-state index contributed by atoms with van der Waals surface area (Å²) >= 11 is 1.62. The van der Waals surface area contributed by atoms with E-state index in [1.54, 1.807) is 17.4 Å². The van der Waals surface area contributed by atoms with Crippen molar-refractivity contribution in [3.8, 4) is 10.6 Å². The second kappa shape index (κ2) is 9.09. The monoisotopic (exact) mass is 413 g/mol. The molecule has 1 aromatic carbocycles. The summed E-state index contributed by atoms with van der Waals surface area (Å²) in [6.45, 7) is 5.43. The van der Waals surface area contributed by atoms with Crippen molar-refractivity contribution >= 4 is 28.1 Å². The van der Waals surface area contributed by atoms with Crippen LogP contribution in [0.25, 0.3) is 21.5 Å². The van der Waals surface area contributed by atoms with Gasteiger partial charge in [-0.2, -0.15) is 0 Å². The molecule has 0 aliphatic carbocycles. The maximum atomic E-state index is 13.7. The first-order valence-electron chi connectivity index (χ1n) is 10.5. The summed E-state index contributed by atoms with van der Waals surface area (Å²) in [4.78, 5) is 16.2. The van der Waals surface area contributed by atoms with E-state index >= 15 is 0 Å². The van der Waals surface area contributed by atoms with Crippen LogP contribution < -0.4 is 5.32 Å². The molecule has 2 aromatic heterocycles. The summed E-state index contributed by atoms with van der Waals surface area (Å²) < 4.78 is 15.7. The molecule has 0 bridgehead atoms. The van der Waals surface area contributed by atoms with Crippen LogP contribution in [0.2, 0.25) is 0 Å². The molecule has 6 heteroatoms. The molecule has 154 valence electrons. The predicted octanol–water partition coefficient (Wildman–Crippen LogP) is 4.89. The number of hydrogen-bond acceptors (Lipinski definition) is 3. The van der Waals surface area contributed by atoms with E-state index in [-0.39, 0.29) is 18.3 Å². The molecule has 1 fully saturated rings. The summed E-state index contributed by atoms with van der Waals surface area (Å²) in [5, 5.41) is 5.90. The zero-order valence-corrected chi connectivity index (χ0v) is 17.7. The van der Waals surface area contributed by atoms with Crippen LogP contribution in [0.4, 0.5) is 4.39 Å². The third kappa shape index (κ3) is 4.70. The SMILES string of the molecule is CC1CCCCN1CCCNC(=O)Cn1c(-c2cccs2)cc2cc(F)ccc21. The third-order valence-electron chi connectivity index (χ3n) is 5.82. The van der Waals surface area contributed by atoms with Gasteiger partial charge in [-0.05, 0) is 68.4 Å². The summed E-state index contributed by atoms with van der Waals surface area (Å²) in [7, 11) is 0. The number of aromatic nitrogens is 1. The zero-order chi connectivity index (χ0) is 20.2. The van der Waals surface area contributed by atoms with Crippen LogP contribution in [-0.2, 0) is 11.3 Å². The van der Waals surface area contributed by atoms with Crippen LogP contribution in [0.5, 0.6) is 0 Å². The Morgan fingerprint density at radius 1 is 1.28 bits per heavy atom. The number of rotatable bonds is 7. The average molecular weight is 414 g/mol. The lowest BCUT2D eigenvalue weighted by Gasteiger charge is -2.33. The van der Waals surface area contributed by atoms with E-state index in [4.69, 9.17) is 0 Å². The van der Waals surface area contributed by atoms with Crippen molar-refractivity contribution in [2.24, 2.45) is 0 Å². The Hall–Kier alpha value is -2.18. The van der Waals surface area contributed by atoms with E-state index in [0.29, 0.717) is 12.6 Å². The van der Waals surface area contributed by atoms with Gasteiger partial charge in [0.05, 0.1) is 10.6 Å². The minimum atomic E-state index is -0.260. The number of piperidine rings is 1. The van der Waals surface area contributed by atoms with Crippen LogP contribution in [-0.4, -0.2) is 41.1 Å². The minimum Gasteiger partial charge on any atom is -0.355 e. The van der Waals surface area contributed by atoms with E-state index in [1.165, 1.54) is 37.9 Å². The number of likely N-dealkylation sites (tertiary alicyclic amines) is 1. The second-order valence-electron chi connectivity index (χ2n) is 7.88. The number of thiophene rings is 1.